The third kappa shape index (κ3) is 2.88. The SMILES string of the molecule is CCCN1C(=O)CC(NCC2(N(C)C)CCCC2)C1=O. The van der Waals surface area contributed by atoms with Crippen LogP contribution >= 0.6 is 0 Å². The number of nitrogens with one attached hydrogen (secondary N) is 1. The summed E-state index contributed by atoms with van der Waals surface area (Å²) in [5.74, 6) is -0.0663. The average Bonchev–Trinajstić information content (AvgIpc) is 2.98. The van der Waals surface area contributed by atoms with E-state index in [2.05, 4.69) is 24.3 Å². The van der Waals surface area contributed by atoms with Crippen LogP contribution < -0.4 is 5.32 Å². The van der Waals surface area contributed by atoms with Crippen LogP contribution in [0.15, 0.2) is 0 Å². The Kier molecular flexibility index (Phi) is 4.81. The van der Waals surface area contributed by atoms with E-state index >= 15 is 0 Å². The molecule has 0 bridgehead atoms. The third-order valence-electron chi connectivity index (χ3n) is 4.85. The molecule has 0 aromatic heterocycles. The highest BCUT2D eigenvalue weighted by Crippen LogP contribution is 2.33. The molecule has 5 nitrogen and oxygen atoms in total. The van der Waals surface area contributed by atoms with E-state index < -0.39 is 0 Å². The zero-order chi connectivity index (χ0) is 14.8. The van der Waals surface area contributed by atoms with E-state index in [1.165, 1.54) is 30.6 Å². The van der Waals surface area contributed by atoms with Crippen molar-refractivity contribution in [2.45, 2.75) is 57.0 Å². The van der Waals surface area contributed by atoms with Gasteiger partial charge in [-0.2, -0.15) is 0 Å². The van der Waals surface area contributed by atoms with Gasteiger partial charge in [0.25, 0.3) is 0 Å². The van der Waals surface area contributed by atoms with Crippen LogP contribution in [0, 0.1) is 0 Å². The smallest absolute Gasteiger partial charge is 0.246 e. The molecule has 1 saturated heterocycles. The lowest BCUT2D eigenvalue weighted by Gasteiger charge is -2.37. The Morgan fingerprint density at radius 2 is 1.95 bits per heavy atom. The Morgan fingerprint density at radius 1 is 1.30 bits per heavy atom. The van der Waals surface area contributed by atoms with E-state index in [0.717, 1.165) is 13.0 Å². The summed E-state index contributed by atoms with van der Waals surface area (Å²) in [5, 5.41) is 3.36. The molecule has 20 heavy (non-hydrogen) atoms. The summed E-state index contributed by atoms with van der Waals surface area (Å²) in [5.41, 5.74) is 0.154. The molecule has 1 aliphatic heterocycles. The van der Waals surface area contributed by atoms with E-state index in [9.17, 15) is 9.59 Å². The molecule has 1 aliphatic carbocycles. The molecule has 5 heteroatoms. The Balaban J connectivity index is 1.94. The maximum Gasteiger partial charge on any atom is 0.246 e. The number of nitrogens with zero attached hydrogens (tertiary/aromatic N) is 2. The molecule has 114 valence electrons. The number of hydrogen-bond donors (Lipinski definition) is 1. The minimum Gasteiger partial charge on any atom is -0.304 e. The van der Waals surface area contributed by atoms with Crippen LogP contribution in [0.25, 0.3) is 0 Å². The standard InChI is InChI=1S/C15H27N3O2/c1-4-9-18-13(19)10-12(14(18)20)16-11-15(17(2)3)7-5-6-8-15/h12,16H,4-11H2,1-3H3. The number of likely N-dealkylation sites (N-methyl/N-ethyl adjacent to an activating group) is 1. The van der Waals surface area contributed by atoms with E-state index in [-0.39, 0.29) is 23.4 Å². The van der Waals surface area contributed by atoms with Crippen molar-refractivity contribution in [3.63, 3.8) is 0 Å². The van der Waals surface area contributed by atoms with Crippen LogP contribution in [-0.4, -0.2) is 60.4 Å². The van der Waals surface area contributed by atoms with E-state index in [1.54, 1.807) is 0 Å². The Hall–Kier alpha value is -0.940. The minimum atomic E-state index is -0.313. The Labute approximate surface area is 121 Å². The molecule has 1 atom stereocenters. The lowest BCUT2D eigenvalue weighted by atomic mass is 9.95. The number of imide groups is 1. The first kappa shape index (κ1) is 15.4. The lowest BCUT2D eigenvalue weighted by molar-refractivity contribution is -0.138. The molecule has 1 N–H and O–H groups in total. The van der Waals surface area contributed by atoms with Crippen LogP contribution in [0.2, 0.25) is 0 Å². The summed E-state index contributed by atoms with van der Waals surface area (Å²) >= 11 is 0. The van der Waals surface area contributed by atoms with Gasteiger partial charge in [-0.25, -0.2) is 0 Å². The van der Waals surface area contributed by atoms with Crippen molar-refractivity contribution >= 4 is 11.8 Å². The largest absolute Gasteiger partial charge is 0.304 e. The van der Waals surface area contributed by atoms with Crippen molar-refractivity contribution in [1.29, 1.82) is 0 Å². The molecule has 0 radical (unpaired) electrons. The number of hydrogen-bond acceptors (Lipinski definition) is 4. The summed E-state index contributed by atoms with van der Waals surface area (Å²) in [6.45, 7) is 3.33. The van der Waals surface area contributed by atoms with E-state index in [4.69, 9.17) is 0 Å². The Morgan fingerprint density at radius 3 is 2.50 bits per heavy atom. The normalized spacial score (nSPS) is 26.0. The molecule has 0 aromatic rings. The average molecular weight is 281 g/mol. The summed E-state index contributed by atoms with van der Waals surface area (Å²) < 4.78 is 0. The van der Waals surface area contributed by atoms with Crippen molar-refractivity contribution in [3.8, 4) is 0 Å². The first-order chi connectivity index (χ1) is 9.50. The van der Waals surface area contributed by atoms with Crippen molar-refractivity contribution in [3.05, 3.63) is 0 Å². The second-order valence-corrected chi connectivity index (χ2v) is 6.35. The number of amides is 2. The zero-order valence-corrected chi connectivity index (χ0v) is 12.9. The quantitative estimate of drug-likeness (QED) is 0.738. The van der Waals surface area contributed by atoms with Gasteiger partial charge in [-0.15, -0.1) is 0 Å². The predicted octanol–water partition coefficient (Wildman–Crippen LogP) is 0.988. The van der Waals surface area contributed by atoms with Crippen LogP contribution in [-0.2, 0) is 9.59 Å². The van der Waals surface area contributed by atoms with Gasteiger partial charge in [0.1, 0.15) is 0 Å². The fraction of sp³-hybridized carbons (Fsp3) is 0.867. The summed E-state index contributed by atoms with van der Waals surface area (Å²) in [6, 6.07) is -0.313. The number of carbonyl (C=O) groups excluding carboxylic acids is 2. The molecule has 2 fully saturated rings. The highest BCUT2D eigenvalue weighted by molar-refractivity contribution is 6.05. The molecule has 2 aliphatic rings. The maximum atomic E-state index is 12.2. The lowest BCUT2D eigenvalue weighted by Crippen LogP contribution is -2.53. The van der Waals surface area contributed by atoms with Crippen LogP contribution in [0.4, 0.5) is 0 Å². The van der Waals surface area contributed by atoms with Gasteiger partial charge in [0.2, 0.25) is 11.8 Å². The highest BCUT2D eigenvalue weighted by Gasteiger charge is 2.41. The zero-order valence-electron chi connectivity index (χ0n) is 12.9. The van der Waals surface area contributed by atoms with Gasteiger partial charge in [-0.05, 0) is 33.4 Å². The topological polar surface area (TPSA) is 52.7 Å². The molecule has 0 spiro atoms. The molecule has 1 unspecified atom stereocenters. The number of carbonyl (C=O) groups is 2. The van der Waals surface area contributed by atoms with Crippen LogP contribution in [0.3, 0.4) is 0 Å². The molecule has 0 aromatic carbocycles. The summed E-state index contributed by atoms with van der Waals surface area (Å²) in [6.07, 6.45) is 5.98. The monoisotopic (exact) mass is 281 g/mol. The van der Waals surface area contributed by atoms with Crippen LogP contribution in [0.1, 0.15) is 45.4 Å². The van der Waals surface area contributed by atoms with Crippen molar-refractivity contribution in [2.24, 2.45) is 0 Å². The fourth-order valence-corrected chi connectivity index (χ4v) is 3.43. The fourth-order valence-electron chi connectivity index (χ4n) is 3.43. The maximum absolute atomic E-state index is 12.2. The predicted molar refractivity (Wildman–Crippen MR) is 78.3 cm³/mol. The van der Waals surface area contributed by atoms with Crippen LogP contribution in [0.5, 0.6) is 0 Å². The van der Waals surface area contributed by atoms with Crippen molar-refractivity contribution in [2.75, 3.05) is 27.2 Å². The van der Waals surface area contributed by atoms with Gasteiger partial charge in [-0.3, -0.25) is 14.5 Å². The molecular formula is C15H27N3O2. The van der Waals surface area contributed by atoms with Gasteiger partial charge < -0.3 is 10.2 Å². The third-order valence-corrected chi connectivity index (χ3v) is 4.85. The second kappa shape index (κ2) is 6.22. The Bertz CT molecular complexity index is 375. The van der Waals surface area contributed by atoms with Crippen molar-refractivity contribution in [1.82, 2.24) is 15.1 Å². The van der Waals surface area contributed by atoms with Gasteiger partial charge >= 0.3 is 0 Å². The van der Waals surface area contributed by atoms with E-state index in [1.807, 2.05) is 6.92 Å². The minimum absolute atomic E-state index is 0.0281. The first-order valence-corrected chi connectivity index (χ1v) is 7.75. The number of rotatable bonds is 6. The van der Waals surface area contributed by atoms with Gasteiger partial charge in [0.05, 0.1) is 12.5 Å². The number of likely N-dealkylation sites (tertiary alicyclic amines) is 1. The van der Waals surface area contributed by atoms with Crippen molar-refractivity contribution < 1.29 is 9.59 Å². The molecule has 2 rings (SSSR count). The second-order valence-electron chi connectivity index (χ2n) is 6.35. The van der Waals surface area contributed by atoms with Gasteiger partial charge in [0, 0.05) is 18.6 Å². The summed E-state index contributed by atoms with van der Waals surface area (Å²) in [4.78, 5) is 27.8. The van der Waals surface area contributed by atoms with Gasteiger partial charge in [0.15, 0.2) is 0 Å². The first-order valence-electron chi connectivity index (χ1n) is 7.75. The highest BCUT2D eigenvalue weighted by atomic mass is 16.2. The molecule has 1 heterocycles. The molecule has 2 amide bonds. The van der Waals surface area contributed by atoms with Gasteiger partial charge in [-0.1, -0.05) is 19.8 Å². The van der Waals surface area contributed by atoms with E-state index in [0.29, 0.717) is 13.0 Å². The molecular weight excluding hydrogens is 254 g/mol. The summed E-state index contributed by atoms with van der Waals surface area (Å²) in [7, 11) is 4.22. The molecule has 1 saturated carbocycles.